The summed E-state index contributed by atoms with van der Waals surface area (Å²) >= 11 is 1.52. The summed E-state index contributed by atoms with van der Waals surface area (Å²) in [5.41, 5.74) is 2.08. The van der Waals surface area contributed by atoms with Gasteiger partial charge in [0.25, 0.3) is 0 Å². The summed E-state index contributed by atoms with van der Waals surface area (Å²) in [5, 5.41) is 2.97. The van der Waals surface area contributed by atoms with Crippen molar-refractivity contribution < 1.29 is 9.53 Å². The third-order valence-electron chi connectivity index (χ3n) is 4.44. The number of anilines is 2. The van der Waals surface area contributed by atoms with Crippen LogP contribution in [0.3, 0.4) is 0 Å². The van der Waals surface area contributed by atoms with Crippen molar-refractivity contribution >= 4 is 29.0 Å². The Kier molecular flexibility index (Phi) is 6.45. The topological polar surface area (TPSA) is 41.6 Å². The van der Waals surface area contributed by atoms with Crippen LogP contribution in [0.25, 0.3) is 0 Å². The zero-order chi connectivity index (χ0) is 18.4. The molecular formula is C21H26N2O2S. The van der Waals surface area contributed by atoms with Crippen molar-refractivity contribution in [1.29, 1.82) is 0 Å². The highest BCUT2D eigenvalue weighted by Crippen LogP contribution is 2.25. The van der Waals surface area contributed by atoms with Gasteiger partial charge in [0.1, 0.15) is 5.75 Å². The van der Waals surface area contributed by atoms with E-state index in [0.717, 1.165) is 35.3 Å². The van der Waals surface area contributed by atoms with Crippen LogP contribution in [0.2, 0.25) is 0 Å². The van der Waals surface area contributed by atoms with Gasteiger partial charge in [-0.1, -0.05) is 6.92 Å². The van der Waals surface area contributed by atoms with E-state index < -0.39 is 0 Å². The molecule has 1 N–H and O–H groups in total. The molecule has 1 saturated heterocycles. The number of benzene rings is 2. The van der Waals surface area contributed by atoms with Crippen LogP contribution >= 0.6 is 11.8 Å². The first kappa shape index (κ1) is 18.6. The van der Waals surface area contributed by atoms with Gasteiger partial charge in [-0.15, -0.1) is 11.8 Å². The molecule has 26 heavy (non-hydrogen) atoms. The van der Waals surface area contributed by atoms with Crippen LogP contribution in [0.15, 0.2) is 53.4 Å². The van der Waals surface area contributed by atoms with E-state index in [1.807, 2.05) is 43.3 Å². The number of amides is 1. The summed E-state index contributed by atoms with van der Waals surface area (Å²) in [5.74, 6) is 2.01. The molecule has 0 aliphatic carbocycles. The van der Waals surface area contributed by atoms with Gasteiger partial charge in [0.2, 0.25) is 5.91 Å². The molecule has 1 unspecified atom stereocenters. The Morgan fingerprint density at radius 3 is 2.54 bits per heavy atom. The number of carbonyl (C=O) groups excluding carboxylic acids is 1. The number of nitrogens with zero attached hydrogens (tertiary/aromatic N) is 1. The molecule has 1 aliphatic rings. The van der Waals surface area contributed by atoms with Crippen LogP contribution in [-0.4, -0.2) is 31.4 Å². The van der Waals surface area contributed by atoms with Crippen molar-refractivity contribution in [1.82, 2.24) is 0 Å². The van der Waals surface area contributed by atoms with Crippen molar-refractivity contribution in [2.45, 2.75) is 25.2 Å². The molecule has 0 bridgehead atoms. The highest BCUT2D eigenvalue weighted by Gasteiger charge is 2.18. The SMILES string of the molecule is CCOc1ccc(SCC(=O)Nc2ccc(N3CCC(C)C3)cc2)cc1. The smallest absolute Gasteiger partial charge is 0.234 e. The molecule has 138 valence electrons. The highest BCUT2D eigenvalue weighted by molar-refractivity contribution is 8.00. The predicted molar refractivity (Wildman–Crippen MR) is 109 cm³/mol. The van der Waals surface area contributed by atoms with E-state index in [0.29, 0.717) is 12.4 Å². The average molecular weight is 371 g/mol. The van der Waals surface area contributed by atoms with E-state index in [1.54, 1.807) is 0 Å². The van der Waals surface area contributed by atoms with Crippen LogP contribution in [0.5, 0.6) is 5.75 Å². The first-order valence-electron chi connectivity index (χ1n) is 9.14. The van der Waals surface area contributed by atoms with E-state index in [-0.39, 0.29) is 5.91 Å². The number of thioether (sulfide) groups is 1. The fourth-order valence-electron chi connectivity index (χ4n) is 3.07. The average Bonchev–Trinajstić information content (AvgIpc) is 3.08. The second kappa shape index (κ2) is 8.99. The fourth-order valence-corrected chi connectivity index (χ4v) is 3.77. The van der Waals surface area contributed by atoms with Crippen LogP contribution in [0.1, 0.15) is 20.3 Å². The van der Waals surface area contributed by atoms with E-state index in [2.05, 4.69) is 29.3 Å². The lowest BCUT2D eigenvalue weighted by Crippen LogP contribution is -2.19. The molecule has 2 aromatic rings. The second-order valence-electron chi connectivity index (χ2n) is 6.63. The summed E-state index contributed by atoms with van der Waals surface area (Å²) in [6.07, 6.45) is 1.25. The van der Waals surface area contributed by atoms with E-state index >= 15 is 0 Å². The quantitative estimate of drug-likeness (QED) is 0.720. The first-order chi connectivity index (χ1) is 12.6. The van der Waals surface area contributed by atoms with Gasteiger partial charge in [0.15, 0.2) is 0 Å². The normalized spacial score (nSPS) is 16.5. The standard InChI is InChI=1S/C21H26N2O2S/c1-3-25-19-8-10-20(11-9-19)26-15-21(24)22-17-4-6-18(7-5-17)23-13-12-16(2)14-23/h4-11,16H,3,12-15H2,1-2H3,(H,22,24). The summed E-state index contributed by atoms with van der Waals surface area (Å²) in [4.78, 5) is 15.6. The van der Waals surface area contributed by atoms with Gasteiger partial charge in [-0.3, -0.25) is 4.79 Å². The molecule has 5 heteroatoms. The molecule has 0 saturated carbocycles. The van der Waals surface area contributed by atoms with E-state index in [4.69, 9.17) is 4.74 Å². The van der Waals surface area contributed by atoms with Crippen molar-refractivity contribution in [2.75, 3.05) is 35.7 Å². The number of hydrogen-bond donors (Lipinski definition) is 1. The summed E-state index contributed by atoms with van der Waals surface area (Å²) in [7, 11) is 0. The van der Waals surface area contributed by atoms with Gasteiger partial charge in [-0.25, -0.2) is 0 Å². The van der Waals surface area contributed by atoms with Gasteiger partial charge in [0.05, 0.1) is 12.4 Å². The van der Waals surface area contributed by atoms with Crippen molar-refractivity contribution in [3.63, 3.8) is 0 Å². The lowest BCUT2D eigenvalue weighted by molar-refractivity contribution is -0.113. The number of ether oxygens (including phenoxy) is 1. The molecule has 4 nitrogen and oxygen atoms in total. The molecule has 3 rings (SSSR count). The molecule has 1 aliphatic heterocycles. The number of hydrogen-bond acceptors (Lipinski definition) is 4. The minimum Gasteiger partial charge on any atom is -0.494 e. The van der Waals surface area contributed by atoms with Crippen LogP contribution < -0.4 is 15.0 Å². The third kappa shape index (κ3) is 5.18. The Hall–Kier alpha value is -2.14. The lowest BCUT2D eigenvalue weighted by atomic mass is 10.2. The maximum absolute atomic E-state index is 12.2. The Morgan fingerprint density at radius 1 is 1.19 bits per heavy atom. The molecular weight excluding hydrogens is 344 g/mol. The van der Waals surface area contributed by atoms with Crippen LogP contribution in [-0.2, 0) is 4.79 Å². The Balaban J connectivity index is 1.47. The number of carbonyl (C=O) groups is 1. The maximum atomic E-state index is 12.2. The minimum atomic E-state index is 0.00595. The Bertz CT molecular complexity index is 716. The number of rotatable bonds is 7. The van der Waals surface area contributed by atoms with Crippen molar-refractivity contribution in [2.24, 2.45) is 5.92 Å². The largest absolute Gasteiger partial charge is 0.494 e. The van der Waals surface area contributed by atoms with Gasteiger partial charge >= 0.3 is 0 Å². The molecule has 1 amide bonds. The zero-order valence-electron chi connectivity index (χ0n) is 15.4. The van der Waals surface area contributed by atoms with Crippen LogP contribution in [0, 0.1) is 5.92 Å². The molecule has 1 atom stereocenters. The van der Waals surface area contributed by atoms with Gasteiger partial charge in [-0.2, -0.15) is 0 Å². The van der Waals surface area contributed by atoms with E-state index in [9.17, 15) is 4.79 Å². The molecule has 0 spiro atoms. The monoisotopic (exact) mass is 370 g/mol. The summed E-state index contributed by atoms with van der Waals surface area (Å²) in [6, 6.07) is 16.0. The number of nitrogens with one attached hydrogen (secondary N) is 1. The van der Waals surface area contributed by atoms with Gasteiger partial charge in [0, 0.05) is 29.4 Å². The molecule has 0 aromatic heterocycles. The zero-order valence-corrected chi connectivity index (χ0v) is 16.2. The first-order valence-corrected chi connectivity index (χ1v) is 10.1. The molecule has 1 fully saturated rings. The highest BCUT2D eigenvalue weighted by atomic mass is 32.2. The molecule has 2 aromatic carbocycles. The van der Waals surface area contributed by atoms with Crippen molar-refractivity contribution in [3.05, 3.63) is 48.5 Å². The maximum Gasteiger partial charge on any atom is 0.234 e. The lowest BCUT2D eigenvalue weighted by Gasteiger charge is -2.18. The summed E-state index contributed by atoms with van der Waals surface area (Å²) in [6.45, 7) is 7.14. The summed E-state index contributed by atoms with van der Waals surface area (Å²) < 4.78 is 5.43. The van der Waals surface area contributed by atoms with Crippen LogP contribution in [0.4, 0.5) is 11.4 Å². The molecule has 1 heterocycles. The van der Waals surface area contributed by atoms with E-state index in [1.165, 1.54) is 23.9 Å². The minimum absolute atomic E-state index is 0.00595. The van der Waals surface area contributed by atoms with Gasteiger partial charge in [-0.05, 0) is 67.8 Å². The molecule has 0 radical (unpaired) electrons. The predicted octanol–water partition coefficient (Wildman–Crippen LogP) is 4.66. The Morgan fingerprint density at radius 2 is 1.92 bits per heavy atom. The Labute approximate surface area is 159 Å². The second-order valence-corrected chi connectivity index (χ2v) is 7.68. The fraction of sp³-hybridized carbons (Fsp3) is 0.381. The third-order valence-corrected chi connectivity index (χ3v) is 5.46. The van der Waals surface area contributed by atoms with Crippen molar-refractivity contribution in [3.8, 4) is 5.75 Å². The van der Waals surface area contributed by atoms with Gasteiger partial charge < -0.3 is 15.0 Å².